The van der Waals surface area contributed by atoms with Crippen molar-refractivity contribution in [1.29, 1.82) is 0 Å². The van der Waals surface area contributed by atoms with Gasteiger partial charge in [0.25, 0.3) is 0 Å². The summed E-state index contributed by atoms with van der Waals surface area (Å²) in [5.74, 6) is -1.00. The minimum Gasteiger partial charge on any atom is -0.350 e. The monoisotopic (exact) mass is 796 g/mol. The van der Waals surface area contributed by atoms with Crippen molar-refractivity contribution in [3.05, 3.63) is 147 Å². The number of benzene rings is 3. The third kappa shape index (κ3) is 10.1. The zero-order valence-corrected chi connectivity index (χ0v) is 30.1. The molecule has 0 spiro atoms. The summed E-state index contributed by atoms with van der Waals surface area (Å²) in [6, 6.07) is 18.0. The standard InChI is InChI=1S/C37H36F7N4O6P/c1-24(28-18-29(36(39,40)41)20-30(19-28)37(42,43)44)54-34-33(27-12-14-31(38)15-13-27)47(16-17-51-34)21-32-45-35(49)48(46-32)55(50,52-22-25-8-4-2-5-9-25)53-23-26-10-6-3-7-11-26/h2-12,14-15,18-20,24,27,33-34H,13,16-17,21-23H2,1H3,(H,45,46,49)/t24-,27?,33+,34-/m1/s1. The number of alkyl halides is 6. The number of allylic oxidation sites excluding steroid dienone is 3. The Morgan fingerprint density at radius 3 is 2.04 bits per heavy atom. The highest BCUT2D eigenvalue weighted by Crippen LogP contribution is 2.49. The average molecular weight is 797 g/mol. The molecule has 1 unspecified atom stereocenters. The van der Waals surface area contributed by atoms with E-state index in [-0.39, 0.29) is 51.2 Å². The lowest BCUT2D eigenvalue weighted by atomic mass is 9.89. The van der Waals surface area contributed by atoms with Crippen LogP contribution in [0.3, 0.4) is 0 Å². The van der Waals surface area contributed by atoms with Crippen LogP contribution in [-0.4, -0.2) is 44.9 Å². The lowest BCUT2D eigenvalue weighted by molar-refractivity contribution is -0.236. The summed E-state index contributed by atoms with van der Waals surface area (Å²) in [7, 11) is -4.45. The van der Waals surface area contributed by atoms with Crippen LogP contribution in [0.4, 0.5) is 30.7 Å². The Labute approximate surface area is 310 Å². The van der Waals surface area contributed by atoms with Crippen LogP contribution in [0, 0.1) is 5.92 Å². The molecule has 0 saturated carbocycles. The molecule has 1 aliphatic carbocycles. The summed E-state index contributed by atoms with van der Waals surface area (Å²) >= 11 is 0. The molecule has 1 saturated heterocycles. The molecule has 1 fully saturated rings. The number of halogens is 7. The van der Waals surface area contributed by atoms with Crippen LogP contribution in [0.25, 0.3) is 0 Å². The predicted octanol–water partition coefficient (Wildman–Crippen LogP) is 8.73. The Kier molecular flexibility index (Phi) is 12.3. The van der Waals surface area contributed by atoms with E-state index in [0.29, 0.717) is 27.7 Å². The first-order valence-electron chi connectivity index (χ1n) is 17.1. The number of nitrogens with one attached hydrogen (secondary N) is 1. The van der Waals surface area contributed by atoms with Gasteiger partial charge in [0.05, 0.1) is 49.6 Å². The number of rotatable bonds is 13. The lowest BCUT2D eigenvalue weighted by Crippen LogP contribution is -2.55. The summed E-state index contributed by atoms with van der Waals surface area (Å²) in [6.45, 7) is 0.998. The molecule has 4 atom stereocenters. The van der Waals surface area contributed by atoms with Crippen molar-refractivity contribution in [2.75, 3.05) is 13.2 Å². The van der Waals surface area contributed by atoms with E-state index in [9.17, 15) is 40.1 Å². The van der Waals surface area contributed by atoms with Crippen LogP contribution in [0.15, 0.2) is 108 Å². The van der Waals surface area contributed by atoms with Crippen LogP contribution >= 0.6 is 7.75 Å². The van der Waals surface area contributed by atoms with Crippen molar-refractivity contribution in [3.8, 4) is 0 Å². The number of hydrogen-bond donors (Lipinski definition) is 1. The van der Waals surface area contributed by atoms with Gasteiger partial charge in [0.2, 0.25) is 0 Å². The van der Waals surface area contributed by atoms with Gasteiger partial charge in [0.15, 0.2) is 6.29 Å². The lowest BCUT2D eigenvalue weighted by Gasteiger charge is -2.44. The summed E-state index contributed by atoms with van der Waals surface area (Å²) in [5.41, 5.74) is -2.99. The first-order chi connectivity index (χ1) is 26.1. The maximum atomic E-state index is 14.3. The maximum Gasteiger partial charge on any atom is 0.460 e. The Hall–Kier alpha value is -4.38. The molecule has 0 radical (unpaired) electrons. The number of aromatic amines is 1. The van der Waals surface area contributed by atoms with Crippen molar-refractivity contribution in [1.82, 2.24) is 19.4 Å². The zero-order valence-electron chi connectivity index (χ0n) is 29.2. The second-order valence-electron chi connectivity index (χ2n) is 12.9. The van der Waals surface area contributed by atoms with Gasteiger partial charge in [-0.2, -0.15) is 26.3 Å². The Balaban J connectivity index is 1.28. The van der Waals surface area contributed by atoms with E-state index in [4.69, 9.17) is 18.5 Å². The fourth-order valence-corrected chi connectivity index (χ4v) is 7.64. The normalized spacial score (nSPS) is 20.4. The quantitative estimate of drug-likeness (QED) is 0.106. The molecule has 55 heavy (non-hydrogen) atoms. The van der Waals surface area contributed by atoms with Crippen molar-refractivity contribution in [2.45, 2.75) is 63.9 Å². The van der Waals surface area contributed by atoms with Crippen LogP contribution in [-0.2, 0) is 55.2 Å². The molecule has 2 aliphatic rings. The van der Waals surface area contributed by atoms with Crippen molar-refractivity contribution >= 4 is 7.75 Å². The molecule has 2 heterocycles. The Morgan fingerprint density at radius 1 is 0.927 bits per heavy atom. The number of nitrogens with zero attached hydrogens (tertiary/aromatic N) is 3. The molecule has 4 aromatic rings. The van der Waals surface area contributed by atoms with E-state index in [0.717, 1.165) is 0 Å². The highest BCUT2D eigenvalue weighted by atomic mass is 31.2. The molecule has 1 aromatic heterocycles. The number of morpholine rings is 1. The molecule has 0 amide bonds. The first kappa shape index (κ1) is 40.3. The van der Waals surface area contributed by atoms with Crippen LogP contribution in [0.2, 0.25) is 0 Å². The van der Waals surface area contributed by atoms with Crippen molar-refractivity contribution in [2.24, 2.45) is 5.92 Å². The van der Waals surface area contributed by atoms with Gasteiger partial charge < -0.3 is 9.47 Å². The summed E-state index contributed by atoms with van der Waals surface area (Å²) in [4.78, 5) is 17.7. The molecule has 3 aromatic carbocycles. The number of aromatic nitrogens is 3. The number of hydrogen-bond acceptors (Lipinski definition) is 8. The number of H-pyrrole nitrogens is 1. The molecule has 6 rings (SSSR count). The second-order valence-corrected chi connectivity index (χ2v) is 14.8. The van der Waals surface area contributed by atoms with E-state index < -0.39 is 72.7 Å². The highest BCUT2D eigenvalue weighted by Gasteiger charge is 2.42. The third-order valence-corrected chi connectivity index (χ3v) is 10.7. The molecule has 1 aliphatic heterocycles. The van der Waals surface area contributed by atoms with Crippen LogP contribution in [0.1, 0.15) is 53.1 Å². The first-order valence-corrected chi connectivity index (χ1v) is 18.6. The predicted molar refractivity (Wildman–Crippen MR) is 185 cm³/mol. The van der Waals surface area contributed by atoms with Gasteiger partial charge in [-0.3, -0.25) is 18.9 Å². The molecular formula is C37H36F7N4O6P. The largest absolute Gasteiger partial charge is 0.460 e. The van der Waals surface area contributed by atoms with Gasteiger partial charge in [0, 0.05) is 12.5 Å². The van der Waals surface area contributed by atoms with Gasteiger partial charge >= 0.3 is 25.8 Å². The van der Waals surface area contributed by atoms with Crippen LogP contribution in [0.5, 0.6) is 0 Å². The summed E-state index contributed by atoms with van der Waals surface area (Å²) in [6.07, 6.45) is -8.47. The van der Waals surface area contributed by atoms with Gasteiger partial charge in [0.1, 0.15) is 11.7 Å². The molecule has 18 heteroatoms. The Morgan fingerprint density at radius 2 is 1.51 bits per heavy atom. The minimum absolute atomic E-state index is 0.00524. The van der Waals surface area contributed by atoms with Gasteiger partial charge in [-0.05, 0) is 60.4 Å². The van der Waals surface area contributed by atoms with Crippen LogP contribution < -0.4 is 5.69 Å². The highest BCUT2D eigenvalue weighted by molar-refractivity contribution is 7.51. The third-order valence-electron chi connectivity index (χ3n) is 9.01. The molecule has 1 N–H and O–H groups in total. The van der Waals surface area contributed by atoms with E-state index in [1.165, 1.54) is 19.1 Å². The topological polar surface area (TPSA) is 108 Å². The van der Waals surface area contributed by atoms with E-state index in [1.54, 1.807) is 71.6 Å². The number of ether oxygens (including phenoxy) is 2. The van der Waals surface area contributed by atoms with E-state index in [1.807, 2.05) is 0 Å². The molecule has 294 valence electrons. The fourth-order valence-electron chi connectivity index (χ4n) is 6.24. The van der Waals surface area contributed by atoms with Crippen molar-refractivity contribution < 1.29 is 53.8 Å². The maximum absolute atomic E-state index is 14.3. The van der Waals surface area contributed by atoms with Gasteiger partial charge in [-0.25, -0.2) is 13.8 Å². The molecule has 0 bridgehead atoms. The zero-order chi connectivity index (χ0) is 39.4. The Bertz CT molecular complexity index is 2010. The smallest absolute Gasteiger partial charge is 0.350 e. The van der Waals surface area contributed by atoms with E-state index >= 15 is 0 Å². The molecular weight excluding hydrogens is 760 g/mol. The summed E-state index contributed by atoms with van der Waals surface area (Å²) in [5, 5.41) is 4.30. The average Bonchev–Trinajstić information content (AvgIpc) is 3.54. The van der Waals surface area contributed by atoms with Crippen molar-refractivity contribution in [3.63, 3.8) is 0 Å². The molecule has 10 nitrogen and oxygen atoms in total. The summed E-state index contributed by atoms with van der Waals surface area (Å²) < 4.78 is 134. The van der Waals surface area contributed by atoms with E-state index in [2.05, 4.69) is 10.1 Å². The SMILES string of the molecule is C[C@@H](O[C@H]1OCCN(Cc2nn(P(=O)(OCc3ccccc3)OCc3ccccc3)c(=O)[nH]2)[C@H]1C1C=CC(F)=CC1)c1cc(C(F)(F)F)cc(C(F)(F)F)c1. The second kappa shape index (κ2) is 16.8. The minimum atomic E-state index is -5.07. The fraction of sp³-hybridized carbons (Fsp3) is 0.351. The van der Waals surface area contributed by atoms with Gasteiger partial charge in [-0.15, -0.1) is 9.55 Å². The van der Waals surface area contributed by atoms with Gasteiger partial charge in [-0.1, -0.05) is 66.7 Å².